The maximum atomic E-state index is 11.7. The van der Waals surface area contributed by atoms with Crippen LogP contribution in [0.4, 0.5) is 5.69 Å². The Balaban J connectivity index is 2.33. The summed E-state index contributed by atoms with van der Waals surface area (Å²) in [7, 11) is 0. The molecular weight excluding hydrogens is 248 g/mol. The molecule has 3 N–H and O–H groups in total. The minimum atomic E-state index is -0.0119. The largest absolute Gasteiger partial charge is 0.396 e. The first kappa shape index (κ1) is 14.9. The molecule has 1 aromatic rings. The molecule has 102 valence electrons. The van der Waals surface area contributed by atoms with E-state index in [0.717, 1.165) is 35.9 Å². The molecule has 0 aliphatic carbocycles. The highest BCUT2D eigenvalue weighted by atomic mass is 32.2. The van der Waals surface area contributed by atoms with E-state index >= 15 is 0 Å². The summed E-state index contributed by atoms with van der Waals surface area (Å²) in [5.74, 6) is 2.20. The number of carbonyl (C=O) groups is 1. The smallest absolute Gasteiger partial charge is 0.241 e. The Morgan fingerprint density at radius 1 is 1.50 bits per heavy atom. The van der Waals surface area contributed by atoms with Crippen molar-refractivity contribution in [1.82, 2.24) is 15.1 Å². The molecule has 1 rings (SSSR count). The Hall–Kier alpha value is -1.17. The minimum absolute atomic E-state index is 0.0119. The highest BCUT2D eigenvalue weighted by molar-refractivity contribution is 7.99. The second kappa shape index (κ2) is 7.31. The van der Waals surface area contributed by atoms with Crippen molar-refractivity contribution >= 4 is 23.4 Å². The van der Waals surface area contributed by atoms with E-state index in [1.807, 2.05) is 25.6 Å². The van der Waals surface area contributed by atoms with Gasteiger partial charge in [0.1, 0.15) is 6.54 Å². The first-order valence-corrected chi connectivity index (χ1v) is 7.35. The van der Waals surface area contributed by atoms with Crippen LogP contribution in [0.15, 0.2) is 0 Å². The topological polar surface area (TPSA) is 72.9 Å². The molecule has 0 saturated carbocycles. The monoisotopic (exact) mass is 270 g/mol. The van der Waals surface area contributed by atoms with Crippen LogP contribution in [0.3, 0.4) is 0 Å². The van der Waals surface area contributed by atoms with Crippen LogP contribution in [0.25, 0.3) is 0 Å². The van der Waals surface area contributed by atoms with Crippen molar-refractivity contribution in [1.29, 1.82) is 0 Å². The molecule has 0 aromatic carbocycles. The summed E-state index contributed by atoms with van der Waals surface area (Å²) < 4.78 is 1.65. The lowest BCUT2D eigenvalue weighted by atomic mass is 10.3. The summed E-state index contributed by atoms with van der Waals surface area (Å²) in [4.78, 5) is 11.7. The van der Waals surface area contributed by atoms with E-state index in [2.05, 4.69) is 17.3 Å². The lowest BCUT2D eigenvalue weighted by Crippen LogP contribution is -2.29. The maximum Gasteiger partial charge on any atom is 0.241 e. The van der Waals surface area contributed by atoms with E-state index in [9.17, 15) is 4.79 Å². The highest BCUT2D eigenvalue weighted by Gasteiger charge is 2.10. The van der Waals surface area contributed by atoms with Gasteiger partial charge in [0.15, 0.2) is 0 Å². The second-order valence-electron chi connectivity index (χ2n) is 4.14. The molecule has 18 heavy (non-hydrogen) atoms. The summed E-state index contributed by atoms with van der Waals surface area (Å²) in [6.07, 6.45) is 1.00. The normalized spacial score (nSPS) is 10.6. The number of carbonyl (C=O) groups excluding carboxylic acids is 1. The Bertz CT molecular complexity index is 403. The number of hydrogen-bond donors (Lipinski definition) is 2. The number of amides is 1. The van der Waals surface area contributed by atoms with Gasteiger partial charge in [-0.25, -0.2) is 0 Å². The van der Waals surface area contributed by atoms with Crippen LogP contribution < -0.4 is 11.1 Å². The van der Waals surface area contributed by atoms with Crippen molar-refractivity contribution in [3.8, 4) is 0 Å². The number of aryl methyl sites for hydroxylation is 1. The number of aromatic nitrogens is 2. The number of hydrogen-bond acceptors (Lipinski definition) is 4. The van der Waals surface area contributed by atoms with Gasteiger partial charge in [-0.1, -0.05) is 6.92 Å². The van der Waals surface area contributed by atoms with Gasteiger partial charge < -0.3 is 11.1 Å². The number of anilines is 1. The van der Waals surface area contributed by atoms with Gasteiger partial charge in [-0.15, -0.1) is 0 Å². The SMILES string of the molecule is CCSCCCNC(=O)Cn1nc(C)c(N)c1C. The van der Waals surface area contributed by atoms with Gasteiger partial charge in [0.2, 0.25) is 5.91 Å². The van der Waals surface area contributed by atoms with E-state index in [1.165, 1.54) is 0 Å². The predicted molar refractivity (Wildman–Crippen MR) is 76.7 cm³/mol. The van der Waals surface area contributed by atoms with E-state index in [0.29, 0.717) is 5.69 Å². The van der Waals surface area contributed by atoms with Crippen molar-refractivity contribution < 1.29 is 4.79 Å². The number of nitrogens with zero attached hydrogens (tertiary/aromatic N) is 2. The number of thioether (sulfide) groups is 1. The average molecular weight is 270 g/mol. The fourth-order valence-electron chi connectivity index (χ4n) is 1.60. The predicted octanol–water partition coefficient (Wildman–Crippen LogP) is 1.34. The molecule has 1 aromatic heterocycles. The quantitative estimate of drug-likeness (QED) is 0.733. The third kappa shape index (κ3) is 4.25. The number of nitrogens with one attached hydrogen (secondary N) is 1. The summed E-state index contributed by atoms with van der Waals surface area (Å²) in [6.45, 7) is 6.82. The number of nitrogens with two attached hydrogens (primary N) is 1. The third-order valence-electron chi connectivity index (χ3n) is 2.72. The van der Waals surface area contributed by atoms with Crippen LogP contribution >= 0.6 is 11.8 Å². The van der Waals surface area contributed by atoms with Crippen molar-refractivity contribution in [2.75, 3.05) is 23.8 Å². The molecule has 0 atom stereocenters. The average Bonchev–Trinajstić information content (AvgIpc) is 2.57. The minimum Gasteiger partial charge on any atom is -0.396 e. The van der Waals surface area contributed by atoms with Gasteiger partial charge in [-0.3, -0.25) is 9.48 Å². The van der Waals surface area contributed by atoms with Gasteiger partial charge in [0, 0.05) is 6.54 Å². The lowest BCUT2D eigenvalue weighted by Gasteiger charge is -2.06. The maximum absolute atomic E-state index is 11.7. The molecule has 0 spiro atoms. The van der Waals surface area contributed by atoms with Crippen LogP contribution in [0, 0.1) is 13.8 Å². The van der Waals surface area contributed by atoms with Crippen LogP contribution in [0.1, 0.15) is 24.7 Å². The molecule has 1 heterocycles. The zero-order valence-electron chi connectivity index (χ0n) is 11.3. The number of nitrogen functional groups attached to an aromatic ring is 1. The molecule has 0 radical (unpaired) electrons. The third-order valence-corrected chi connectivity index (χ3v) is 3.71. The van der Waals surface area contributed by atoms with Gasteiger partial charge >= 0.3 is 0 Å². The Morgan fingerprint density at radius 3 is 2.78 bits per heavy atom. The van der Waals surface area contributed by atoms with E-state index < -0.39 is 0 Å². The highest BCUT2D eigenvalue weighted by Crippen LogP contribution is 2.14. The number of rotatable bonds is 7. The second-order valence-corrected chi connectivity index (χ2v) is 5.54. The standard InChI is InChI=1S/C12H22N4OS/c1-4-18-7-5-6-14-11(17)8-16-10(3)12(13)9(2)15-16/h4-8,13H2,1-3H3,(H,14,17). The van der Waals surface area contributed by atoms with E-state index in [-0.39, 0.29) is 12.5 Å². The Labute approximate surface area is 112 Å². The summed E-state index contributed by atoms with van der Waals surface area (Å²) in [5.41, 5.74) is 8.11. The summed E-state index contributed by atoms with van der Waals surface area (Å²) >= 11 is 1.89. The molecule has 6 heteroatoms. The molecule has 0 unspecified atom stereocenters. The zero-order valence-corrected chi connectivity index (χ0v) is 12.1. The lowest BCUT2D eigenvalue weighted by molar-refractivity contribution is -0.121. The van der Waals surface area contributed by atoms with Crippen LogP contribution in [-0.2, 0) is 11.3 Å². The van der Waals surface area contributed by atoms with E-state index in [1.54, 1.807) is 4.68 Å². The summed E-state index contributed by atoms with van der Waals surface area (Å²) in [5, 5.41) is 7.13. The van der Waals surface area contributed by atoms with E-state index in [4.69, 9.17) is 5.73 Å². The van der Waals surface area contributed by atoms with Gasteiger partial charge in [-0.2, -0.15) is 16.9 Å². The molecule has 0 aliphatic heterocycles. The van der Waals surface area contributed by atoms with Crippen molar-refractivity contribution in [3.63, 3.8) is 0 Å². The molecule has 1 amide bonds. The van der Waals surface area contributed by atoms with Crippen LogP contribution in [0.2, 0.25) is 0 Å². The fraction of sp³-hybridized carbons (Fsp3) is 0.667. The van der Waals surface area contributed by atoms with Crippen LogP contribution in [-0.4, -0.2) is 33.7 Å². The molecule has 0 saturated heterocycles. The Morgan fingerprint density at radius 2 is 2.22 bits per heavy atom. The molecule has 0 fully saturated rings. The first-order chi connectivity index (χ1) is 8.56. The first-order valence-electron chi connectivity index (χ1n) is 6.20. The zero-order chi connectivity index (χ0) is 13.5. The van der Waals surface area contributed by atoms with Crippen molar-refractivity contribution in [3.05, 3.63) is 11.4 Å². The van der Waals surface area contributed by atoms with Crippen LogP contribution in [0.5, 0.6) is 0 Å². The van der Waals surface area contributed by atoms with Crippen molar-refractivity contribution in [2.24, 2.45) is 0 Å². The fourth-order valence-corrected chi connectivity index (χ4v) is 2.24. The van der Waals surface area contributed by atoms with Crippen molar-refractivity contribution in [2.45, 2.75) is 33.7 Å². The summed E-state index contributed by atoms with van der Waals surface area (Å²) in [6, 6.07) is 0. The molecule has 0 aliphatic rings. The Kier molecular flexibility index (Phi) is 6.04. The molecule has 0 bridgehead atoms. The van der Waals surface area contributed by atoms with Gasteiger partial charge in [0.05, 0.1) is 17.1 Å². The van der Waals surface area contributed by atoms with Gasteiger partial charge in [-0.05, 0) is 31.8 Å². The molecular formula is C12H22N4OS. The van der Waals surface area contributed by atoms with Gasteiger partial charge in [0.25, 0.3) is 0 Å². The molecule has 5 nitrogen and oxygen atoms in total.